The van der Waals surface area contributed by atoms with E-state index in [-0.39, 0.29) is 0 Å². The Morgan fingerprint density at radius 2 is 2.23 bits per heavy atom. The summed E-state index contributed by atoms with van der Waals surface area (Å²) in [6.07, 6.45) is -0.502. The van der Waals surface area contributed by atoms with Crippen molar-refractivity contribution in [3.05, 3.63) is 34.3 Å². The molecule has 0 radical (unpaired) electrons. The molecule has 0 saturated heterocycles. The Kier molecular flexibility index (Phi) is 3.70. The van der Waals surface area contributed by atoms with Crippen molar-refractivity contribution in [1.29, 1.82) is 0 Å². The van der Waals surface area contributed by atoms with Crippen LogP contribution in [-0.2, 0) is 6.42 Å². The van der Waals surface area contributed by atoms with Crippen LogP contribution in [0.1, 0.15) is 24.2 Å². The predicted octanol–water partition coefficient (Wildman–Crippen LogP) is 2.91. The number of aliphatic hydroxyl groups is 1. The molecule has 1 rings (SSSR count). The van der Waals surface area contributed by atoms with Crippen molar-refractivity contribution in [3.63, 3.8) is 0 Å². The fourth-order valence-electron chi connectivity index (χ4n) is 1.15. The van der Waals surface area contributed by atoms with Gasteiger partial charge >= 0.3 is 0 Å². The molecule has 0 fully saturated rings. The van der Waals surface area contributed by atoms with Gasteiger partial charge in [0.2, 0.25) is 0 Å². The van der Waals surface area contributed by atoms with Crippen LogP contribution in [0.15, 0.2) is 18.2 Å². The van der Waals surface area contributed by atoms with Crippen LogP contribution in [0.3, 0.4) is 0 Å². The van der Waals surface area contributed by atoms with Gasteiger partial charge in [-0.05, 0) is 23.6 Å². The van der Waals surface area contributed by atoms with Crippen LogP contribution < -0.4 is 0 Å². The number of aliphatic hydroxyl groups excluding tert-OH is 1. The lowest BCUT2D eigenvalue weighted by atomic mass is 10.1. The summed E-state index contributed by atoms with van der Waals surface area (Å²) in [5, 5.41) is 9.15. The minimum absolute atomic E-state index is 0.435. The summed E-state index contributed by atoms with van der Waals surface area (Å²) in [6, 6.07) is 5.02. The minimum Gasteiger partial charge on any atom is -0.393 e. The first-order valence-electron chi connectivity index (χ1n) is 4.22. The van der Waals surface area contributed by atoms with E-state index in [4.69, 9.17) is 16.7 Å². The molecule has 1 atom stereocenters. The number of alkyl halides is 1. The molecule has 1 nitrogen and oxygen atoms in total. The quantitative estimate of drug-likeness (QED) is 0.799. The van der Waals surface area contributed by atoms with Gasteiger partial charge in [-0.15, -0.1) is 0 Å². The van der Waals surface area contributed by atoms with Gasteiger partial charge in [0, 0.05) is 5.02 Å². The smallest absolute Gasteiger partial charge is 0.148 e. The number of hydrogen-bond acceptors (Lipinski definition) is 1. The highest BCUT2D eigenvalue weighted by Crippen LogP contribution is 2.23. The molecule has 1 aromatic carbocycles. The molecule has 0 aromatic heterocycles. The molecule has 3 heteroatoms. The Morgan fingerprint density at radius 3 is 2.69 bits per heavy atom. The van der Waals surface area contributed by atoms with Crippen molar-refractivity contribution in [1.82, 2.24) is 0 Å². The first kappa shape index (κ1) is 10.5. The monoisotopic (exact) mass is 202 g/mol. The van der Waals surface area contributed by atoms with Crippen LogP contribution in [0.4, 0.5) is 4.39 Å². The summed E-state index contributed by atoms with van der Waals surface area (Å²) >= 11 is 5.88. The van der Waals surface area contributed by atoms with Crippen LogP contribution in [-0.4, -0.2) is 11.7 Å². The van der Waals surface area contributed by atoms with Gasteiger partial charge in [0.15, 0.2) is 0 Å². The highest BCUT2D eigenvalue weighted by Gasteiger charge is 2.09. The summed E-state index contributed by atoms with van der Waals surface area (Å²) in [7, 11) is 0. The van der Waals surface area contributed by atoms with Gasteiger partial charge in [0.1, 0.15) is 6.17 Å². The van der Waals surface area contributed by atoms with Gasteiger partial charge in [0.25, 0.3) is 0 Å². The molecule has 1 N–H and O–H groups in total. The second-order valence-electron chi connectivity index (χ2n) is 2.85. The highest BCUT2D eigenvalue weighted by molar-refractivity contribution is 6.31. The van der Waals surface area contributed by atoms with E-state index in [9.17, 15) is 4.39 Å². The Labute approximate surface area is 82.2 Å². The third kappa shape index (κ3) is 2.42. The number of halogens is 2. The average molecular weight is 203 g/mol. The van der Waals surface area contributed by atoms with Crippen molar-refractivity contribution >= 4 is 11.6 Å². The van der Waals surface area contributed by atoms with E-state index in [0.717, 1.165) is 12.0 Å². The van der Waals surface area contributed by atoms with Crippen molar-refractivity contribution in [2.24, 2.45) is 0 Å². The third-order valence-corrected chi connectivity index (χ3v) is 2.33. The molecule has 72 valence electrons. The molecule has 1 aromatic rings. The molecule has 0 aliphatic carbocycles. The van der Waals surface area contributed by atoms with E-state index in [0.29, 0.717) is 10.6 Å². The summed E-state index contributed by atoms with van der Waals surface area (Å²) in [5.74, 6) is 0. The number of hydrogen-bond donors (Lipinski definition) is 1. The summed E-state index contributed by atoms with van der Waals surface area (Å²) in [4.78, 5) is 0. The molecular weight excluding hydrogens is 191 g/mol. The van der Waals surface area contributed by atoms with Crippen LogP contribution in [0.25, 0.3) is 0 Å². The molecule has 13 heavy (non-hydrogen) atoms. The van der Waals surface area contributed by atoms with E-state index in [1.54, 1.807) is 18.2 Å². The number of rotatable bonds is 3. The maximum Gasteiger partial charge on any atom is 0.148 e. The summed E-state index contributed by atoms with van der Waals surface area (Å²) < 4.78 is 13.0. The summed E-state index contributed by atoms with van der Waals surface area (Å²) in [6.45, 7) is 1.49. The lowest BCUT2D eigenvalue weighted by molar-refractivity contribution is 0.180. The van der Waals surface area contributed by atoms with Crippen LogP contribution in [0.5, 0.6) is 0 Å². The third-order valence-electron chi connectivity index (χ3n) is 1.98. The van der Waals surface area contributed by atoms with E-state index in [1.165, 1.54) is 0 Å². The van der Waals surface area contributed by atoms with Crippen LogP contribution >= 0.6 is 11.6 Å². The van der Waals surface area contributed by atoms with Gasteiger partial charge < -0.3 is 5.11 Å². The second kappa shape index (κ2) is 4.58. The molecule has 0 saturated carbocycles. The minimum atomic E-state index is -1.33. The zero-order valence-corrected chi connectivity index (χ0v) is 8.18. The van der Waals surface area contributed by atoms with Crippen molar-refractivity contribution in [3.8, 4) is 0 Å². The molecule has 0 amide bonds. The van der Waals surface area contributed by atoms with Gasteiger partial charge in [-0.3, -0.25) is 0 Å². The maximum atomic E-state index is 13.0. The van der Waals surface area contributed by atoms with E-state index in [1.807, 2.05) is 6.92 Å². The van der Waals surface area contributed by atoms with Crippen molar-refractivity contribution in [2.45, 2.75) is 19.5 Å². The molecule has 1 unspecified atom stereocenters. The SMILES string of the molecule is CCc1ccc(C(F)CO)cc1Cl. The first-order chi connectivity index (χ1) is 6.19. The number of aryl methyl sites for hydroxylation is 1. The van der Waals surface area contributed by atoms with Gasteiger partial charge in [-0.25, -0.2) is 4.39 Å². The number of benzene rings is 1. The maximum absolute atomic E-state index is 13.0. The molecule has 0 aliphatic rings. The zero-order valence-electron chi connectivity index (χ0n) is 7.43. The molecule has 0 aliphatic heterocycles. The van der Waals surface area contributed by atoms with Crippen molar-refractivity contribution < 1.29 is 9.50 Å². The molecule has 0 bridgehead atoms. The lowest BCUT2D eigenvalue weighted by Crippen LogP contribution is -1.97. The highest BCUT2D eigenvalue weighted by atomic mass is 35.5. The van der Waals surface area contributed by atoms with E-state index in [2.05, 4.69) is 0 Å². The Hall–Kier alpha value is -0.600. The first-order valence-corrected chi connectivity index (χ1v) is 4.60. The van der Waals surface area contributed by atoms with Crippen LogP contribution in [0, 0.1) is 0 Å². The van der Waals surface area contributed by atoms with E-state index < -0.39 is 12.8 Å². The van der Waals surface area contributed by atoms with Crippen molar-refractivity contribution in [2.75, 3.05) is 6.61 Å². The van der Waals surface area contributed by atoms with Gasteiger partial charge in [-0.1, -0.05) is 30.7 Å². The normalized spacial score (nSPS) is 12.9. The van der Waals surface area contributed by atoms with Gasteiger partial charge in [-0.2, -0.15) is 0 Å². The summed E-state index contributed by atoms with van der Waals surface area (Å²) in [5.41, 5.74) is 1.43. The average Bonchev–Trinajstić information content (AvgIpc) is 2.16. The Morgan fingerprint density at radius 1 is 1.54 bits per heavy atom. The Balaban J connectivity index is 2.95. The fourth-order valence-corrected chi connectivity index (χ4v) is 1.47. The molecule has 0 spiro atoms. The largest absolute Gasteiger partial charge is 0.393 e. The molecular formula is C10H12ClFO. The molecule has 0 heterocycles. The Bertz CT molecular complexity index is 288. The van der Waals surface area contributed by atoms with E-state index >= 15 is 0 Å². The standard InChI is InChI=1S/C10H12ClFO/c1-2-7-3-4-8(5-9(7)11)10(12)6-13/h3-5,10,13H,2,6H2,1H3. The lowest BCUT2D eigenvalue weighted by Gasteiger charge is -2.07. The fraction of sp³-hybridized carbons (Fsp3) is 0.400. The topological polar surface area (TPSA) is 20.2 Å². The van der Waals surface area contributed by atoms with Gasteiger partial charge in [0.05, 0.1) is 6.61 Å². The van der Waals surface area contributed by atoms with Crippen LogP contribution in [0.2, 0.25) is 5.02 Å². The second-order valence-corrected chi connectivity index (χ2v) is 3.26. The predicted molar refractivity (Wildman–Crippen MR) is 51.8 cm³/mol. The zero-order chi connectivity index (χ0) is 9.84.